The summed E-state index contributed by atoms with van der Waals surface area (Å²) in [4.78, 5) is 38.1. The summed E-state index contributed by atoms with van der Waals surface area (Å²) in [5.74, 6) is -0.278. The molecule has 2 fully saturated rings. The average molecular weight is 281 g/mol. The quantitative estimate of drug-likeness (QED) is 0.474. The predicted octanol–water partition coefficient (Wildman–Crippen LogP) is 2.20. The smallest absolute Gasteiger partial charge is 0.238 e. The lowest BCUT2D eigenvalue weighted by Crippen LogP contribution is -2.32. The van der Waals surface area contributed by atoms with Gasteiger partial charge in [-0.2, -0.15) is 0 Å². The van der Waals surface area contributed by atoms with Crippen LogP contribution in [0, 0.1) is 23.7 Å². The molecule has 0 radical (unpaired) electrons. The molecule has 1 saturated heterocycles. The van der Waals surface area contributed by atoms with Crippen molar-refractivity contribution in [2.45, 2.75) is 13.3 Å². The number of anilines is 1. The fraction of sp³-hybridized carbons (Fsp3) is 0.353. The fourth-order valence-corrected chi connectivity index (χ4v) is 4.02. The third-order valence-corrected chi connectivity index (χ3v) is 4.98. The molecular weight excluding hydrogens is 266 g/mol. The maximum absolute atomic E-state index is 12.7. The summed E-state index contributed by atoms with van der Waals surface area (Å²) in [5, 5.41) is 0. The molecule has 1 heterocycles. The van der Waals surface area contributed by atoms with Crippen molar-refractivity contribution in [3.63, 3.8) is 0 Å². The van der Waals surface area contributed by atoms with Gasteiger partial charge in [-0.05, 0) is 37.3 Å². The van der Waals surface area contributed by atoms with Crippen LogP contribution in [0.15, 0.2) is 36.4 Å². The van der Waals surface area contributed by atoms with Gasteiger partial charge in [0.05, 0.1) is 17.5 Å². The van der Waals surface area contributed by atoms with Crippen molar-refractivity contribution in [3.8, 4) is 0 Å². The zero-order chi connectivity index (χ0) is 14.7. The molecule has 3 aliphatic rings. The zero-order valence-electron chi connectivity index (χ0n) is 11.7. The third-order valence-electron chi connectivity index (χ3n) is 4.98. The normalized spacial score (nSPS) is 32.9. The Morgan fingerprint density at radius 3 is 2.29 bits per heavy atom. The zero-order valence-corrected chi connectivity index (χ0v) is 11.7. The van der Waals surface area contributed by atoms with Crippen molar-refractivity contribution in [1.29, 1.82) is 0 Å². The number of benzene rings is 1. The lowest BCUT2D eigenvalue weighted by Gasteiger charge is -2.17. The van der Waals surface area contributed by atoms with Gasteiger partial charge in [0.15, 0.2) is 5.78 Å². The first-order valence-corrected chi connectivity index (χ1v) is 7.25. The van der Waals surface area contributed by atoms with E-state index in [0.717, 1.165) is 6.42 Å². The first kappa shape index (κ1) is 12.5. The van der Waals surface area contributed by atoms with Gasteiger partial charge >= 0.3 is 0 Å². The lowest BCUT2D eigenvalue weighted by atomic mass is 9.85. The van der Waals surface area contributed by atoms with Crippen LogP contribution in [0.2, 0.25) is 0 Å². The van der Waals surface area contributed by atoms with Crippen molar-refractivity contribution in [1.82, 2.24) is 0 Å². The molecule has 2 bridgehead atoms. The molecule has 0 N–H and O–H groups in total. The van der Waals surface area contributed by atoms with E-state index in [2.05, 4.69) is 12.2 Å². The highest BCUT2D eigenvalue weighted by atomic mass is 16.2. The molecule has 0 aromatic heterocycles. The Bertz CT molecular complexity index is 676. The number of allylic oxidation sites excluding steroid dienone is 2. The summed E-state index contributed by atoms with van der Waals surface area (Å²) in [7, 11) is 0. The first-order chi connectivity index (χ1) is 10.1. The minimum atomic E-state index is -0.200. The number of imide groups is 1. The number of Topliss-reactive ketones (excluding diaryl/α,β-unsaturated/α-hetero) is 1. The Kier molecular flexibility index (Phi) is 2.46. The second-order valence-electron chi connectivity index (χ2n) is 6.12. The molecule has 1 aromatic rings. The van der Waals surface area contributed by atoms with Crippen molar-refractivity contribution >= 4 is 23.3 Å². The summed E-state index contributed by atoms with van der Waals surface area (Å²) in [5.41, 5.74) is 1.04. The van der Waals surface area contributed by atoms with Crippen LogP contribution in [0.25, 0.3) is 0 Å². The maximum atomic E-state index is 12.7. The van der Waals surface area contributed by atoms with Crippen molar-refractivity contribution in [2.24, 2.45) is 23.7 Å². The van der Waals surface area contributed by atoms with Crippen LogP contribution in [0.5, 0.6) is 0 Å². The lowest BCUT2D eigenvalue weighted by molar-refractivity contribution is -0.123. The van der Waals surface area contributed by atoms with Crippen molar-refractivity contribution in [3.05, 3.63) is 42.0 Å². The second kappa shape index (κ2) is 4.13. The van der Waals surface area contributed by atoms with E-state index in [1.54, 1.807) is 24.3 Å². The number of nitrogens with zero attached hydrogens (tertiary/aromatic N) is 1. The Labute approximate surface area is 122 Å². The highest BCUT2D eigenvalue weighted by molar-refractivity contribution is 6.23. The number of amides is 2. The van der Waals surface area contributed by atoms with E-state index in [4.69, 9.17) is 0 Å². The number of ketones is 1. The molecule has 4 atom stereocenters. The first-order valence-electron chi connectivity index (χ1n) is 7.25. The summed E-state index contributed by atoms with van der Waals surface area (Å²) in [6, 6.07) is 6.77. The molecule has 4 rings (SSSR count). The predicted molar refractivity (Wildman–Crippen MR) is 76.7 cm³/mol. The van der Waals surface area contributed by atoms with Gasteiger partial charge in [0, 0.05) is 5.56 Å². The fourth-order valence-electron chi connectivity index (χ4n) is 4.02. The highest BCUT2D eigenvalue weighted by Gasteiger charge is 2.59. The van der Waals surface area contributed by atoms with Gasteiger partial charge in [0.1, 0.15) is 0 Å². The van der Waals surface area contributed by atoms with Crippen molar-refractivity contribution in [2.75, 3.05) is 4.90 Å². The van der Waals surface area contributed by atoms with E-state index in [0.29, 0.717) is 11.3 Å². The topological polar surface area (TPSA) is 54.5 Å². The molecule has 0 unspecified atom stereocenters. The van der Waals surface area contributed by atoms with Crippen LogP contribution in [-0.4, -0.2) is 17.6 Å². The Morgan fingerprint density at radius 2 is 1.71 bits per heavy atom. The molecule has 1 saturated carbocycles. The summed E-state index contributed by atoms with van der Waals surface area (Å²) < 4.78 is 0. The third kappa shape index (κ3) is 1.59. The van der Waals surface area contributed by atoms with Crippen LogP contribution in [0.3, 0.4) is 0 Å². The number of carbonyl (C=O) groups excluding carboxylic acids is 3. The van der Waals surface area contributed by atoms with Gasteiger partial charge in [-0.15, -0.1) is 0 Å². The molecule has 0 spiro atoms. The molecule has 1 aliphatic heterocycles. The molecule has 2 aliphatic carbocycles. The summed E-state index contributed by atoms with van der Waals surface area (Å²) in [6.45, 7) is 1.48. The van der Waals surface area contributed by atoms with E-state index in [-0.39, 0.29) is 41.3 Å². The van der Waals surface area contributed by atoms with Gasteiger partial charge in [-0.1, -0.05) is 24.3 Å². The minimum absolute atomic E-state index is 0.0714. The molecule has 4 nitrogen and oxygen atoms in total. The van der Waals surface area contributed by atoms with E-state index in [9.17, 15) is 14.4 Å². The van der Waals surface area contributed by atoms with E-state index in [1.807, 2.05) is 0 Å². The summed E-state index contributed by atoms with van der Waals surface area (Å²) >= 11 is 0. The maximum Gasteiger partial charge on any atom is 0.238 e. The number of rotatable bonds is 2. The average Bonchev–Trinajstić information content (AvgIpc) is 3.13. The largest absolute Gasteiger partial charge is 0.295 e. The van der Waals surface area contributed by atoms with E-state index >= 15 is 0 Å². The van der Waals surface area contributed by atoms with E-state index in [1.165, 1.54) is 11.8 Å². The van der Waals surface area contributed by atoms with Crippen LogP contribution >= 0.6 is 0 Å². The molecular formula is C17H15NO3. The Balaban J connectivity index is 1.74. The highest BCUT2D eigenvalue weighted by Crippen LogP contribution is 2.53. The van der Waals surface area contributed by atoms with Gasteiger partial charge in [-0.3, -0.25) is 14.4 Å². The summed E-state index contributed by atoms with van der Waals surface area (Å²) in [6.07, 6.45) is 5.08. The molecule has 1 aromatic carbocycles. The molecule has 106 valence electrons. The van der Waals surface area contributed by atoms with Gasteiger partial charge < -0.3 is 0 Å². The van der Waals surface area contributed by atoms with Crippen molar-refractivity contribution < 1.29 is 14.4 Å². The monoisotopic (exact) mass is 281 g/mol. The standard InChI is InChI=1S/C17H15NO3/c1-9(19)10-3-2-4-13(8-10)18-16(20)14-11-5-6-12(7-11)15(14)17(18)21/h2-6,8,11-12,14-15H,7H2,1H3/t11-,12-,14+,15+/m0/s1. The number of hydrogen-bond donors (Lipinski definition) is 0. The van der Waals surface area contributed by atoms with Gasteiger partial charge in [0.2, 0.25) is 11.8 Å². The Hall–Kier alpha value is -2.23. The van der Waals surface area contributed by atoms with Crippen LogP contribution < -0.4 is 4.90 Å². The number of fused-ring (bicyclic) bond motifs is 5. The molecule has 2 amide bonds. The minimum Gasteiger partial charge on any atom is -0.295 e. The van der Waals surface area contributed by atoms with Gasteiger partial charge in [0.25, 0.3) is 0 Å². The SMILES string of the molecule is CC(=O)c1cccc(N2C(=O)[C@H]3[C@H](C2=O)[C@H]2C=C[C@H]3C2)c1. The molecule has 21 heavy (non-hydrogen) atoms. The second-order valence-corrected chi connectivity index (χ2v) is 6.12. The van der Waals surface area contributed by atoms with Crippen LogP contribution in [0.4, 0.5) is 5.69 Å². The van der Waals surface area contributed by atoms with E-state index < -0.39 is 0 Å². The van der Waals surface area contributed by atoms with Crippen LogP contribution in [0.1, 0.15) is 23.7 Å². The van der Waals surface area contributed by atoms with Gasteiger partial charge in [-0.25, -0.2) is 4.90 Å². The van der Waals surface area contributed by atoms with Crippen LogP contribution in [-0.2, 0) is 9.59 Å². The Morgan fingerprint density at radius 1 is 1.10 bits per heavy atom. The number of carbonyl (C=O) groups is 3. The molecule has 4 heteroatoms. The number of hydrogen-bond acceptors (Lipinski definition) is 3.